The van der Waals surface area contributed by atoms with Gasteiger partial charge in [0.2, 0.25) is 15.9 Å². The molecule has 0 unspecified atom stereocenters. The van der Waals surface area contributed by atoms with E-state index in [1.54, 1.807) is 60.7 Å². The average Bonchev–Trinajstić information content (AvgIpc) is 2.93. The largest absolute Gasteiger partial charge is 0.488 e. The van der Waals surface area contributed by atoms with Gasteiger partial charge in [-0.1, -0.05) is 83.4 Å². The first-order chi connectivity index (χ1) is 19.2. The lowest BCUT2D eigenvalue weighted by atomic mass is 10.0. The Morgan fingerprint density at radius 3 is 2.38 bits per heavy atom. The van der Waals surface area contributed by atoms with Gasteiger partial charge in [-0.2, -0.15) is 5.10 Å². The molecule has 206 valence electrons. The molecular weight excluding hydrogens is 569 g/mol. The second kappa shape index (κ2) is 13.6. The zero-order chi connectivity index (χ0) is 28.5. The lowest BCUT2D eigenvalue weighted by molar-refractivity contribution is -0.121. The molecule has 4 aromatic carbocycles. The number of rotatable bonds is 11. The first-order valence-electron chi connectivity index (χ1n) is 12.3. The Kier molecular flexibility index (Phi) is 9.95. The Balaban J connectivity index is 1.45. The number of carbonyl (C=O) groups is 1. The number of nitrogens with one attached hydrogen (secondary N) is 2. The Hall–Kier alpha value is -3.69. The van der Waals surface area contributed by atoms with Crippen molar-refractivity contribution in [1.82, 2.24) is 10.1 Å². The maximum Gasteiger partial charge on any atom is 0.242 e. The molecule has 0 bridgehead atoms. The molecule has 0 aliphatic heterocycles. The fourth-order valence-corrected chi connectivity index (χ4v) is 5.45. The SMILES string of the molecule is Cc1ccc(S(=O)(=O)N[C@H](CC(=O)N/N=C\c2cc(Cl)ccc2OCc2cccc(Cl)c2)c2ccccc2)cc1. The molecule has 0 aromatic heterocycles. The minimum atomic E-state index is -3.88. The van der Waals surface area contributed by atoms with Crippen LogP contribution in [-0.2, 0) is 21.4 Å². The third-order valence-electron chi connectivity index (χ3n) is 5.87. The van der Waals surface area contributed by atoms with Gasteiger partial charge in [-0.3, -0.25) is 4.79 Å². The number of benzene rings is 4. The molecule has 0 saturated carbocycles. The van der Waals surface area contributed by atoms with E-state index in [1.165, 1.54) is 18.3 Å². The minimum Gasteiger partial charge on any atom is -0.488 e. The van der Waals surface area contributed by atoms with E-state index in [2.05, 4.69) is 15.2 Å². The summed E-state index contributed by atoms with van der Waals surface area (Å²) in [6.45, 7) is 2.15. The highest BCUT2D eigenvalue weighted by atomic mass is 35.5. The summed E-state index contributed by atoms with van der Waals surface area (Å²) in [6.07, 6.45) is 1.24. The molecule has 0 spiro atoms. The van der Waals surface area contributed by atoms with E-state index >= 15 is 0 Å². The van der Waals surface area contributed by atoms with Crippen molar-refractivity contribution < 1.29 is 17.9 Å². The predicted molar refractivity (Wildman–Crippen MR) is 158 cm³/mol. The summed E-state index contributed by atoms with van der Waals surface area (Å²) in [4.78, 5) is 13.0. The molecule has 0 aliphatic rings. The van der Waals surface area contributed by atoms with E-state index in [9.17, 15) is 13.2 Å². The molecule has 4 rings (SSSR count). The summed E-state index contributed by atoms with van der Waals surface area (Å²) in [5.74, 6) is 0.0236. The molecule has 10 heteroatoms. The van der Waals surface area contributed by atoms with Gasteiger partial charge in [0.25, 0.3) is 0 Å². The van der Waals surface area contributed by atoms with Crippen LogP contribution in [0.1, 0.15) is 34.7 Å². The third kappa shape index (κ3) is 8.40. The van der Waals surface area contributed by atoms with E-state index in [1.807, 2.05) is 31.2 Å². The van der Waals surface area contributed by atoms with Crippen molar-refractivity contribution in [1.29, 1.82) is 0 Å². The summed E-state index contributed by atoms with van der Waals surface area (Å²) in [5.41, 5.74) is 5.49. The molecule has 1 amide bonds. The Bertz CT molecular complexity index is 1600. The van der Waals surface area contributed by atoms with Crippen LogP contribution in [0.4, 0.5) is 0 Å². The van der Waals surface area contributed by atoms with Crippen LogP contribution in [0.25, 0.3) is 0 Å². The summed E-state index contributed by atoms with van der Waals surface area (Å²) in [5, 5.41) is 5.14. The number of hydrogen-bond donors (Lipinski definition) is 2. The normalized spacial score (nSPS) is 12.3. The molecular formula is C30H27Cl2N3O4S. The van der Waals surface area contributed by atoms with E-state index in [0.717, 1.165) is 11.1 Å². The standard InChI is InChI=1S/C30H27Cl2N3O4S/c1-21-10-13-27(14-11-21)40(37,38)35-28(23-7-3-2-4-8-23)18-30(36)34-33-19-24-17-26(32)12-15-29(24)39-20-22-6-5-9-25(31)16-22/h2-17,19,28,35H,18,20H2,1H3,(H,34,36)/b33-19-/t28-/m1/s1. The first-order valence-corrected chi connectivity index (χ1v) is 14.6. The molecule has 0 radical (unpaired) electrons. The highest BCUT2D eigenvalue weighted by molar-refractivity contribution is 7.89. The van der Waals surface area contributed by atoms with Crippen LogP contribution in [0.2, 0.25) is 10.0 Å². The number of carbonyl (C=O) groups excluding carboxylic acids is 1. The molecule has 0 aliphatic carbocycles. The van der Waals surface area contributed by atoms with Crippen molar-refractivity contribution in [2.24, 2.45) is 5.10 Å². The second-order valence-electron chi connectivity index (χ2n) is 9.00. The number of hydrazone groups is 1. The average molecular weight is 597 g/mol. The number of ether oxygens (including phenoxy) is 1. The molecule has 0 heterocycles. The van der Waals surface area contributed by atoms with Gasteiger partial charge >= 0.3 is 0 Å². The molecule has 4 aromatic rings. The zero-order valence-electron chi connectivity index (χ0n) is 21.6. The van der Waals surface area contributed by atoms with E-state index in [-0.39, 0.29) is 17.9 Å². The third-order valence-corrected chi connectivity index (χ3v) is 7.83. The van der Waals surface area contributed by atoms with Crippen LogP contribution < -0.4 is 14.9 Å². The first kappa shape index (κ1) is 29.3. The van der Waals surface area contributed by atoms with Gasteiger partial charge in [-0.05, 0) is 60.5 Å². The predicted octanol–water partition coefficient (Wildman–Crippen LogP) is 6.44. The molecule has 7 nitrogen and oxygen atoms in total. The molecule has 2 N–H and O–H groups in total. The Morgan fingerprint density at radius 2 is 1.65 bits per heavy atom. The fourth-order valence-electron chi connectivity index (χ4n) is 3.83. The van der Waals surface area contributed by atoms with Crippen molar-refractivity contribution in [3.8, 4) is 5.75 Å². The van der Waals surface area contributed by atoms with Crippen molar-refractivity contribution in [2.75, 3.05) is 0 Å². The van der Waals surface area contributed by atoms with E-state index in [0.29, 0.717) is 26.9 Å². The van der Waals surface area contributed by atoms with Gasteiger partial charge in [0.15, 0.2) is 0 Å². The van der Waals surface area contributed by atoms with Gasteiger partial charge < -0.3 is 4.74 Å². The van der Waals surface area contributed by atoms with Crippen LogP contribution in [0, 0.1) is 6.92 Å². The molecule has 40 heavy (non-hydrogen) atoms. The lowest BCUT2D eigenvalue weighted by Gasteiger charge is -2.18. The van der Waals surface area contributed by atoms with Crippen LogP contribution in [0.5, 0.6) is 5.75 Å². The van der Waals surface area contributed by atoms with Gasteiger partial charge in [-0.25, -0.2) is 18.6 Å². The smallest absolute Gasteiger partial charge is 0.242 e. The van der Waals surface area contributed by atoms with Crippen LogP contribution in [0.3, 0.4) is 0 Å². The van der Waals surface area contributed by atoms with Gasteiger partial charge in [-0.15, -0.1) is 0 Å². The molecule has 0 fully saturated rings. The molecule has 1 atom stereocenters. The highest BCUT2D eigenvalue weighted by Crippen LogP contribution is 2.24. The monoisotopic (exact) mass is 595 g/mol. The summed E-state index contributed by atoms with van der Waals surface area (Å²) in [7, 11) is -3.88. The number of nitrogens with zero attached hydrogens (tertiary/aromatic N) is 1. The molecule has 0 saturated heterocycles. The van der Waals surface area contributed by atoms with Crippen molar-refractivity contribution in [2.45, 2.75) is 30.9 Å². The topological polar surface area (TPSA) is 96.9 Å². The number of aryl methyl sites for hydroxylation is 1. The van der Waals surface area contributed by atoms with Crippen molar-refractivity contribution in [3.05, 3.63) is 129 Å². The van der Waals surface area contributed by atoms with Gasteiger partial charge in [0, 0.05) is 22.0 Å². The van der Waals surface area contributed by atoms with E-state index < -0.39 is 22.0 Å². The number of hydrogen-bond acceptors (Lipinski definition) is 5. The quantitative estimate of drug-likeness (QED) is 0.154. The van der Waals surface area contributed by atoms with Crippen molar-refractivity contribution in [3.63, 3.8) is 0 Å². The lowest BCUT2D eigenvalue weighted by Crippen LogP contribution is -2.32. The zero-order valence-corrected chi connectivity index (χ0v) is 23.9. The Labute approximate surface area is 243 Å². The van der Waals surface area contributed by atoms with Gasteiger partial charge in [0.1, 0.15) is 12.4 Å². The number of amides is 1. The van der Waals surface area contributed by atoms with E-state index in [4.69, 9.17) is 27.9 Å². The maximum absolute atomic E-state index is 13.1. The summed E-state index contributed by atoms with van der Waals surface area (Å²) in [6, 6.07) is 27.0. The van der Waals surface area contributed by atoms with Crippen LogP contribution in [0.15, 0.2) is 107 Å². The summed E-state index contributed by atoms with van der Waals surface area (Å²) >= 11 is 12.2. The minimum absolute atomic E-state index is 0.115. The second-order valence-corrected chi connectivity index (χ2v) is 11.6. The van der Waals surface area contributed by atoms with Crippen molar-refractivity contribution >= 4 is 45.3 Å². The van der Waals surface area contributed by atoms with Crippen LogP contribution >= 0.6 is 23.2 Å². The van der Waals surface area contributed by atoms with Gasteiger partial charge in [0.05, 0.1) is 17.2 Å². The fraction of sp³-hybridized carbons (Fsp3) is 0.133. The summed E-state index contributed by atoms with van der Waals surface area (Å²) < 4.78 is 34.7. The number of halogens is 2. The maximum atomic E-state index is 13.1. The Morgan fingerprint density at radius 1 is 0.925 bits per heavy atom. The number of sulfonamides is 1. The van der Waals surface area contributed by atoms with Crippen LogP contribution in [-0.4, -0.2) is 20.5 Å². The highest BCUT2D eigenvalue weighted by Gasteiger charge is 2.23.